The maximum Gasteiger partial charge on any atom is 0.254 e. The summed E-state index contributed by atoms with van der Waals surface area (Å²) in [6, 6.07) is 12.1. The molecular formula is C23H23N5O. The van der Waals surface area contributed by atoms with Crippen LogP contribution in [0.15, 0.2) is 53.6 Å². The van der Waals surface area contributed by atoms with Crippen molar-refractivity contribution in [3.8, 4) is 11.5 Å². The summed E-state index contributed by atoms with van der Waals surface area (Å²) in [6.45, 7) is 4.53. The molecule has 3 aromatic heterocycles. The van der Waals surface area contributed by atoms with Crippen LogP contribution in [0.2, 0.25) is 0 Å². The molecule has 0 bridgehead atoms. The van der Waals surface area contributed by atoms with Crippen LogP contribution in [0.25, 0.3) is 22.4 Å². The number of nitrogens with one attached hydrogen (secondary N) is 2. The molecule has 2 N–H and O–H groups in total. The molecule has 6 nitrogen and oxygen atoms in total. The van der Waals surface area contributed by atoms with Crippen LogP contribution < -0.4 is 5.56 Å². The molecule has 4 heterocycles. The number of hydrogen-bond donors (Lipinski definition) is 2. The Morgan fingerprint density at radius 2 is 2.07 bits per heavy atom. The maximum absolute atomic E-state index is 12.6. The predicted molar refractivity (Wildman–Crippen MR) is 114 cm³/mol. The van der Waals surface area contributed by atoms with Crippen molar-refractivity contribution in [1.29, 1.82) is 0 Å². The first kappa shape index (κ1) is 17.8. The fourth-order valence-electron chi connectivity index (χ4n) is 4.19. The van der Waals surface area contributed by atoms with Gasteiger partial charge in [-0.2, -0.15) is 0 Å². The molecule has 0 atom stereocenters. The second kappa shape index (κ2) is 7.29. The van der Waals surface area contributed by atoms with Gasteiger partial charge in [0, 0.05) is 48.5 Å². The van der Waals surface area contributed by atoms with E-state index in [9.17, 15) is 4.79 Å². The van der Waals surface area contributed by atoms with Gasteiger partial charge in [-0.1, -0.05) is 31.2 Å². The molecule has 0 fully saturated rings. The molecule has 0 spiro atoms. The average Bonchev–Trinajstić information content (AvgIpc) is 3.17. The highest BCUT2D eigenvalue weighted by Gasteiger charge is 2.22. The van der Waals surface area contributed by atoms with Gasteiger partial charge >= 0.3 is 0 Å². The second-order valence-electron chi connectivity index (χ2n) is 7.52. The monoisotopic (exact) mass is 385 g/mol. The Balaban J connectivity index is 1.44. The van der Waals surface area contributed by atoms with Crippen LogP contribution >= 0.6 is 0 Å². The predicted octanol–water partition coefficient (Wildman–Crippen LogP) is 3.43. The van der Waals surface area contributed by atoms with Crippen molar-refractivity contribution in [2.24, 2.45) is 0 Å². The van der Waals surface area contributed by atoms with E-state index in [1.165, 1.54) is 22.0 Å². The van der Waals surface area contributed by atoms with E-state index in [1.807, 2.05) is 18.2 Å². The third-order valence-electron chi connectivity index (χ3n) is 5.72. The first-order valence-electron chi connectivity index (χ1n) is 10.1. The number of H-pyrrole nitrogens is 2. The SMILES string of the molecule is CCc1cccc2c(CN3CCc4c(nc(-c5ccccn5)[nH]c4=O)C3)c[nH]c12. The standard InChI is InChI=1S/C23H23N5O/c1-2-15-6-5-7-17-16(12-25-21(15)17)13-28-11-9-18-20(14-28)26-22(27-23(18)29)19-8-3-4-10-24-19/h3-8,10,12,25H,2,9,11,13-14H2,1H3,(H,26,27,29). The molecule has 0 aliphatic carbocycles. The number of benzene rings is 1. The lowest BCUT2D eigenvalue weighted by molar-refractivity contribution is 0.241. The summed E-state index contributed by atoms with van der Waals surface area (Å²) in [5.41, 5.74) is 6.15. The summed E-state index contributed by atoms with van der Waals surface area (Å²) < 4.78 is 0. The molecule has 146 valence electrons. The molecular weight excluding hydrogens is 362 g/mol. The number of aromatic amines is 2. The van der Waals surface area contributed by atoms with Gasteiger partial charge in [0.25, 0.3) is 5.56 Å². The van der Waals surface area contributed by atoms with Gasteiger partial charge < -0.3 is 9.97 Å². The zero-order chi connectivity index (χ0) is 19.8. The normalized spacial score (nSPS) is 14.2. The Morgan fingerprint density at radius 1 is 1.14 bits per heavy atom. The van der Waals surface area contributed by atoms with E-state index in [4.69, 9.17) is 4.98 Å². The van der Waals surface area contributed by atoms with Crippen LogP contribution in [0.4, 0.5) is 0 Å². The minimum absolute atomic E-state index is 0.0463. The minimum atomic E-state index is -0.0463. The van der Waals surface area contributed by atoms with Crippen LogP contribution in [-0.4, -0.2) is 31.4 Å². The van der Waals surface area contributed by atoms with Crippen LogP contribution in [0.3, 0.4) is 0 Å². The van der Waals surface area contributed by atoms with Crippen LogP contribution in [0.5, 0.6) is 0 Å². The first-order valence-corrected chi connectivity index (χ1v) is 10.1. The number of hydrogen-bond acceptors (Lipinski definition) is 4. The van der Waals surface area contributed by atoms with E-state index in [1.54, 1.807) is 6.20 Å². The lowest BCUT2D eigenvalue weighted by atomic mass is 10.0. The molecule has 0 saturated heterocycles. The molecule has 0 saturated carbocycles. The van der Waals surface area contributed by atoms with Crippen LogP contribution in [0, 0.1) is 0 Å². The molecule has 29 heavy (non-hydrogen) atoms. The third kappa shape index (κ3) is 3.25. The summed E-state index contributed by atoms with van der Waals surface area (Å²) in [7, 11) is 0. The third-order valence-corrected chi connectivity index (χ3v) is 5.72. The van der Waals surface area contributed by atoms with Gasteiger partial charge in [-0.25, -0.2) is 4.98 Å². The van der Waals surface area contributed by atoms with E-state index >= 15 is 0 Å². The van der Waals surface area contributed by atoms with Gasteiger partial charge in [-0.3, -0.25) is 14.7 Å². The lowest BCUT2D eigenvalue weighted by Crippen LogP contribution is -2.35. The van der Waals surface area contributed by atoms with E-state index in [0.29, 0.717) is 24.5 Å². The van der Waals surface area contributed by atoms with Crippen LogP contribution in [-0.2, 0) is 25.9 Å². The molecule has 4 aromatic rings. The molecule has 1 aliphatic rings. The van der Waals surface area contributed by atoms with Gasteiger partial charge in [-0.15, -0.1) is 0 Å². The quantitative estimate of drug-likeness (QED) is 0.564. The van der Waals surface area contributed by atoms with Crippen molar-refractivity contribution in [2.45, 2.75) is 32.9 Å². The zero-order valence-electron chi connectivity index (χ0n) is 16.4. The molecule has 0 unspecified atom stereocenters. The Hall–Kier alpha value is -3.25. The molecule has 1 aliphatic heterocycles. The summed E-state index contributed by atoms with van der Waals surface area (Å²) in [4.78, 5) is 30.4. The molecule has 1 aromatic carbocycles. The second-order valence-corrected chi connectivity index (χ2v) is 7.52. The number of fused-ring (bicyclic) bond motifs is 2. The number of pyridine rings is 1. The molecule has 0 radical (unpaired) electrons. The number of rotatable bonds is 4. The molecule has 6 heteroatoms. The summed E-state index contributed by atoms with van der Waals surface area (Å²) in [6.07, 6.45) is 5.55. The highest BCUT2D eigenvalue weighted by molar-refractivity contribution is 5.86. The number of nitrogens with zero attached hydrogens (tertiary/aromatic N) is 3. The van der Waals surface area contributed by atoms with Crippen molar-refractivity contribution in [1.82, 2.24) is 24.8 Å². The van der Waals surface area contributed by atoms with E-state index in [-0.39, 0.29) is 5.56 Å². The Morgan fingerprint density at radius 3 is 2.90 bits per heavy atom. The Bertz CT molecular complexity index is 1230. The van der Waals surface area contributed by atoms with E-state index in [2.05, 4.69) is 51.2 Å². The van der Waals surface area contributed by atoms with Crippen molar-refractivity contribution >= 4 is 10.9 Å². The maximum atomic E-state index is 12.6. The highest BCUT2D eigenvalue weighted by Crippen LogP contribution is 2.25. The largest absolute Gasteiger partial charge is 0.361 e. The minimum Gasteiger partial charge on any atom is -0.361 e. The smallest absolute Gasteiger partial charge is 0.254 e. The highest BCUT2D eigenvalue weighted by atomic mass is 16.1. The first-order chi connectivity index (χ1) is 14.2. The molecule has 0 amide bonds. The van der Waals surface area contributed by atoms with Gasteiger partial charge in [0.05, 0.1) is 5.69 Å². The number of aryl methyl sites for hydroxylation is 1. The zero-order valence-corrected chi connectivity index (χ0v) is 16.4. The van der Waals surface area contributed by atoms with Crippen LogP contribution in [0.1, 0.15) is 29.3 Å². The van der Waals surface area contributed by atoms with Crippen molar-refractivity contribution < 1.29 is 0 Å². The summed E-state index contributed by atoms with van der Waals surface area (Å²) >= 11 is 0. The summed E-state index contributed by atoms with van der Waals surface area (Å²) in [5.74, 6) is 0.538. The van der Waals surface area contributed by atoms with Crippen molar-refractivity contribution in [3.63, 3.8) is 0 Å². The van der Waals surface area contributed by atoms with Gasteiger partial charge in [0.1, 0.15) is 5.69 Å². The summed E-state index contributed by atoms with van der Waals surface area (Å²) in [5, 5.41) is 1.28. The Kier molecular flexibility index (Phi) is 4.48. The van der Waals surface area contributed by atoms with E-state index in [0.717, 1.165) is 30.8 Å². The van der Waals surface area contributed by atoms with Gasteiger partial charge in [-0.05, 0) is 36.1 Å². The van der Waals surface area contributed by atoms with Gasteiger partial charge in [0.15, 0.2) is 5.82 Å². The molecule has 5 rings (SSSR count). The fraction of sp³-hybridized carbons (Fsp3) is 0.261. The van der Waals surface area contributed by atoms with Gasteiger partial charge in [0.2, 0.25) is 0 Å². The number of aromatic nitrogens is 4. The van der Waals surface area contributed by atoms with Crippen molar-refractivity contribution in [2.75, 3.05) is 6.54 Å². The lowest BCUT2D eigenvalue weighted by Gasteiger charge is -2.27. The van der Waals surface area contributed by atoms with Crippen molar-refractivity contribution in [3.05, 3.63) is 81.5 Å². The topological polar surface area (TPSA) is 77.7 Å². The number of para-hydroxylation sites is 1. The Labute approximate surface area is 168 Å². The fourth-order valence-corrected chi connectivity index (χ4v) is 4.19. The average molecular weight is 385 g/mol. The van der Waals surface area contributed by atoms with E-state index < -0.39 is 0 Å².